The molecule has 0 aromatic carbocycles. The van der Waals surface area contributed by atoms with E-state index in [2.05, 4.69) is 18.9 Å². The quantitative estimate of drug-likeness (QED) is 0.747. The van der Waals surface area contributed by atoms with Gasteiger partial charge in [-0.1, -0.05) is 12.8 Å². The summed E-state index contributed by atoms with van der Waals surface area (Å²) in [7, 11) is -0.801. The molecule has 0 aliphatic heterocycles. The first-order valence-electron chi connectivity index (χ1n) is 7.38. The van der Waals surface area contributed by atoms with Gasteiger partial charge in [0, 0.05) is 30.9 Å². The molecule has 0 radical (unpaired) electrons. The molecule has 0 N–H and O–H groups in total. The molecule has 0 unspecified atom stereocenters. The minimum atomic E-state index is -2.87. The molecule has 19 heavy (non-hydrogen) atoms. The van der Waals surface area contributed by atoms with Gasteiger partial charge in [-0.25, -0.2) is 8.42 Å². The van der Waals surface area contributed by atoms with Crippen molar-refractivity contribution in [2.75, 3.05) is 32.2 Å². The second-order valence-electron chi connectivity index (χ2n) is 6.25. The highest BCUT2D eigenvalue weighted by molar-refractivity contribution is 7.90. The van der Waals surface area contributed by atoms with Crippen LogP contribution >= 0.6 is 0 Å². The van der Waals surface area contributed by atoms with E-state index in [9.17, 15) is 8.42 Å². The Morgan fingerprint density at radius 2 is 1.95 bits per heavy atom. The van der Waals surface area contributed by atoms with Crippen LogP contribution in [0.4, 0.5) is 0 Å². The van der Waals surface area contributed by atoms with E-state index >= 15 is 0 Å². The van der Waals surface area contributed by atoms with Crippen LogP contribution in [-0.2, 0) is 14.6 Å². The molecule has 0 aromatic rings. The van der Waals surface area contributed by atoms with Crippen molar-refractivity contribution in [3.63, 3.8) is 0 Å². The Morgan fingerprint density at radius 3 is 2.47 bits per heavy atom. The van der Waals surface area contributed by atoms with Crippen LogP contribution < -0.4 is 0 Å². The Morgan fingerprint density at radius 1 is 1.32 bits per heavy atom. The third-order valence-corrected chi connectivity index (χ3v) is 5.92. The zero-order valence-corrected chi connectivity index (χ0v) is 13.2. The van der Waals surface area contributed by atoms with Crippen molar-refractivity contribution in [3.05, 3.63) is 0 Å². The van der Waals surface area contributed by atoms with Crippen molar-refractivity contribution in [1.29, 1.82) is 0 Å². The van der Waals surface area contributed by atoms with Crippen molar-refractivity contribution in [3.8, 4) is 0 Å². The van der Waals surface area contributed by atoms with Gasteiger partial charge in [0.25, 0.3) is 0 Å². The molecule has 2 aliphatic carbocycles. The maximum absolute atomic E-state index is 11.3. The maximum Gasteiger partial charge on any atom is 0.148 e. The van der Waals surface area contributed by atoms with E-state index in [1.807, 2.05) is 0 Å². The highest BCUT2D eigenvalue weighted by Gasteiger charge is 2.57. The van der Waals surface area contributed by atoms with Crippen LogP contribution in [0.2, 0.25) is 0 Å². The van der Waals surface area contributed by atoms with Crippen molar-refractivity contribution in [2.45, 2.75) is 51.2 Å². The zero-order chi connectivity index (χ0) is 14.1. The molecule has 0 aromatic heterocycles. The minimum absolute atomic E-state index is 0.259. The van der Waals surface area contributed by atoms with Gasteiger partial charge < -0.3 is 9.64 Å². The van der Waals surface area contributed by atoms with Gasteiger partial charge in [0.05, 0.1) is 11.9 Å². The van der Waals surface area contributed by atoms with Crippen LogP contribution in [0.5, 0.6) is 0 Å². The van der Waals surface area contributed by atoms with E-state index < -0.39 is 9.84 Å². The molecule has 2 rings (SSSR count). The average Bonchev–Trinajstić information content (AvgIpc) is 2.82. The summed E-state index contributed by atoms with van der Waals surface area (Å²) in [5.41, 5.74) is 0.308. The van der Waals surface area contributed by atoms with Gasteiger partial charge in [-0.3, -0.25) is 0 Å². The van der Waals surface area contributed by atoms with E-state index in [0.717, 1.165) is 13.0 Å². The van der Waals surface area contributed by atoms with Gasteiger partial charge in [0.1, 0.15) is 9.84 Å². The van der Waals surface area contributed by atoms with Crippen LogP contribution in [0.15, 0.2) is 0 Å². The number of rotatable bonds is 6. The normalized spacial score (nSPS) is 29.9. The summed E-state index contributed by atoms with van der Waals surface area (Å²) in [5.74, 6) is 0.259. The monoisotopic (exact) mass is 289 g/mol. The minimum Gasteiger partial charge on any atom is -0.378 e. The lowest BCUT2D eigenvalue weighted by molar-refractivity contribution is -0.159. The van der Waals surface area contributed by atoms with Gasteiger partial charge in [0.2, 0.25) is 0 Å². The molecule has 2 fully saturated rings. The Bertz CT molecular complexity index is 401. The number of nitrogens with zero attached hydrogens (tertiary/aromatic N) is 1. The summed E-state index contributed by atoms with van der Waals surface area (Å²) in [5, 5.41) is 0. The summed E-state index contributed by atoms with van der Waals surface area (Å²) in [6, 6.07) is 0.508. The highest BCUT2D eigenvalue weighted by atomic mass is 32.2. The van der Waals surface area contributed by atoms with Gasteiger partial charge >= 0.3 is 0 Å². The number of sulfone groups is 1. The number of hydrogen-bond donors (Lipinski definition) is 0. The Balaban J connectivity index is 1.97. The SMILES string of the molecule is CCO[C@@H]1C[C@H](N(C)CCS(C)(=O)=O)C12CCCC2. The molecule has 0 bridgehead atoms. The van der Waals surface area contributed by atoms with E-state index in [1.54, 1.807) is 0 Å². The lowest BCUT2D eigenvalue weighted by Gasteiger charge is -2.57. The summed E-state index contributed by atoms with van der Waals surface area (Å²) < 4.78 is 28.5. The fourth-order valence-corrected chi connectivity index (χ4v) is 4.55. The molecule has 2 saturated carbocycles. The van der Waals surface area contributed by atoms with Crippen LogP contribution in [0.3, 0.4) is 0 Å². The second kappa shape index (κ2) is 5.70. The largest absolute Gasteiger partial charge is 0.378 e. The van der Waals surface area contributed by atoms with Crippen LogP contribution in [-0.4, -0.2) is 57.7 Å². The smallest absolute Gasteiger partial charge is 0.148 e. The van der Waals surface area contributed by atoms with Crippen LogP contribution in [0.1, 0.15) is 39.0 Å². The molecule has 4 nitrogen and oxygen atoms in total. The van der Waals surface area contributed by atoms with Crippen molar-refractivity contribution in [1.82, 2.24) is 4.90 Å². The lowest BCUT2D eigenvalue weighted by Crippen LogP contribution is -2.63. The third-order valence-electron chi connectivity index (χ3n) is 4.99. The predicted molar refractivity (Wildman–Crippen MR) is 77.1 cm³/mol. The molecule has 112 valence electrons. The topological polar surface area (TPSA) is 46.6 Å². The summed E-state index contributed by atoms with van der Waals surface area (Å²) in [4.78, 5) is 2.25. The van der Waals surface area contributed by atoms with Crippen LogP contribution in [0.25, 0.3) is 0 Å². The fraction of sp³-hybridized carbons (Fsp3) is 1.00. The van der Waals surface area contributed by atoms with Gasteiger partial charge in [-0.15, -0.1) is 0 Å². The molecule has 2 atom stereocenters. The molecular weight excluding hydrogens is 262 g/mol. The highest BCUT2D eigenvalue weighted by Crippen LogP contribution is 2.56. The van der Waals surface area contributed by atoms with E-state index in [0.29, 0.717) is 24.1 Å². The second-order valence-corrected chi connectivity index (χ2v) is 8.51. The van der Waals surface area contributed by atoms with Gasteiger partial charge in [-0.2, -0.15) is 0 Å². The fourth-order valence-electron chi connectivity index (χ4n) is 3.93. The third kappa shape index (κ3) is 3.14. The lowest BCUT2D eigenvalue weighted by atomic mass is 9.60. The maximum atomic E-state index is 11.3. The number of ether oxygens (including phenoxy) is 1. The standard InChI is InChI=1S/C14H27NO3S/c1-4-18-13-11-12(14(13)7-5-6-8-14)15(2)9-10-19(3,16)17/h12-13H,4-11H2,1-3H3/t12-,13+/m0/s1. The Labute approximate surface area is 117 Å². The molecule has 0 amide bonds. The molecule has 5 heteroatoms. The van der Waals surface area contributed by atoms with Gasteiger partial charge in [0.15, 0.2) is 0 Å². The van der Waals surface area contributed by atoms with E-state index in [-0.39, 0.29) is 5.75 Å². The Hall–Kier alpha value is -0.130. The van der Waals surface area contributed by atoms with Gasteiger partial charge in [-0.05, 0) is 33.2 Å². The van der Waals surface area contributed by atoms with E-state index in [4.69, 9.17) is 4.74 Å². The first-order valence-corrected chi connectivity index (χ1v) is 9.44. The molecule has 0 saturated heterocycles. The first kappa shape index (κ1) is 15.3. The molecule has 2 aliphatic rings. The van der Waals surface area contributed by atoms with Crippen LogP contribution in [0, 0.1) is 5.41 Å². The van der Waals surface area contributed by atoms with Crippen molar-refractivity contribution in [2.24, 2.45) is 5.41 Å². The van der Waals surface area contributed by atoms with E-state index in [1.165, 1.54) is 31.9 Å². The summed E-state index contributed by atoms with van der Waals surface area (Å²) in [6.45, 7) is 3.49. The molecule has 0 heterocycles. The average molecular weight is 289 g/mol. The van der Waals surface area contributed by atoms with Crippen molar-refractivity contribution >= 4 is 9.84 Å². The zero-order valence-electron chi connectivity index (χ0n) is 12.4. The molecular formula is C14H27NO3S. The Kier molecular flexibility index (Phi) is 4.58. The number of hydrogen-bond acceptors (Lipinski definition) is 4. The van der Waals surface area contributed by atoms with Crippen molar-refractivity contribution < 1.29 is 13.2 Å². The summed E-state index contributed by atoms with van der Waals surface area (Å²) >= 11 is 0. The summed E-state index contributed by atoms with van der Waals surface area (Å²) in [6.07, 6.45) is 7.84. The predicted octanol–water partition coefficient (Wildman–Crippen LogP) is 1.70. The first-order chi connectivity index (χ1) is 8.89. The molecule has 1 spiro atoms.